The molecule has 0 aromatic carbocycles. The molecule has 4 heteroatoms. The van der Waals surface area contributed by atoms with E-state index in [4.69, 9.17) is 4.46 Å². The quantitative estimate of drug-likeness (QED) is 0.454. The van der Waals surface area contributed by atoms with Gasteiger partial charge in [-0.2, -0.15) is 0 Å². The van der Waals surface area contributed by atoms with Crippen molar-refractivity contribution >= 4 is 5.42 Å². The Balaban J connectivity index is 2.73. The van der Waals surface area contributed by atoms with Crippen LogP contribution in [-0.2, 0) is 34.8 Å². The fourth-order valence-corrected chi connectivity index (χ4v) is 0. The van der Waals surface area contributed by atoms with E-state index < -0.39 is 33.7 Å². The summed E-state index contributed by atoms with van der Waals surface area (Å²) in [5.74, 6) is 0. The van der Waals surface area contributed by atoms with Crippen LogP contribution in [0.25, 0.3) is 0 Å². The van der Waals surface area contributed by atoms with Crippen LogP contribution in [-0.4, -0.2) is 5.42 Å². The van der Waals surface area contributed by atoms with E-state index in [0.717, 1.165) is 0 Å². The van der Waals surface area contributed by atoms with Gasteiger partial charge in [0, 0.05) is 0 Å². The normalized spacial score (nSPS) is 4.00. The van der Waals surface area contributed by atoms with Crippen molar-refractivity contribution in [2.75, 3.05) is 0 Å². The topological polar surface area (TPSA) is 34.1 Å². The van der Waals surface area contributed by atoms with E-state index in [2.05, 4.69) is 0 Å². The van der Waals surface area contributed by atoms with Gasteiger partial charge in [-0.05, 0) is 0 Å². The minimum atomic E-state index is -1.63. The molecule has 0 rings (SSSR count). The molecule has 0 N–H and O–H groups in total. The van der Waals surface area contributed by atoms with Crippen LogP contribution in [0.2, 0.25) is 0 Å². The summed E-state index contributed by atoms with van der Waals surface area (Å²) < 4.78 is 18.4. The summed E-state index contributed by atoms with van der Waals surface area (Å²) in [6.07, 6.45) is 0. The summed E-state index contributed by atoms with van der Waals surface area (Å²) in [5.41, 5.74) is -0.833. The second-order valence-electron chi connectivity index (χ2n) is 0.272. The van der Waals surface area contributed by atoms with Crippen LogP contribution < -0.4 is 0 Å². The Morgan fingerprint density at radius 2 is 2.00 bits per heavy atom. The molecule has 0 saturated heterocycles. The first-order valence-electron chi connectivity index (χ1n) is 0.805. The van der Waals surface area contributed by atoms with E-state index in [0.29, 0.717) is 0 Å². The van der Waals surface area contributed by atoms with Gasteiger partial charge in [0.05, 0.1) is 0 Å². The van der Waals surface area contributed by atoms with Crippen LogP contribution in [0.1, 0.15) is 0 Å². The number of hydrogen-bond donors (Lipinski definition) is 0. The molecule has 0 heterocycles. The second-order valence-corrected chi connectivity index (χ2v) is 4.83. The van der Waals surface area contributed by atoms with Crippen molar-refractivity contribution < 1.29 is 34.8 Å². The third-order valence-electron chi connectivity index (χ3n) is 0.0556. The molecule has 0 bridgehead atoms. The molecule has 0 saturated carbocycles. The molecule has 4 heavy (non-hydrogen) atoms. The molecule has 0 radical (unpaired) electrons. The molecule has 0 amide bonds. The standard InChI is InChI=1S/HOSi.O.Y/c1-2;;/h2H;;. The third kappa shape index (κ3) is 2.92. The molecule has 0 aliphatic heterocycles. The summed E-state index contributed by atoms with van der Waals surface area (Å²) in [5, 5.41) is 0. The molecule has 0 aliphatic carbocycles. The molecule has 0 aromatic rings. The van der Waals surface area contributed by atoms with Gasteiger partial charge >= 0.3 is 40.2 Å². The van der Waals surface area contributed by atoms with E-state index in [1.54, 1.807) is 0 Å². The molecular formula is HO2SiY. The molecule has 0 aromatic heterocycles. The minimum absolute atomic E-state index is 0.833. The van der Waals surface area contributed by atoms with Crippen molar-refractivity contribution in [2.45, 2.75) is 0 Å². The van der Waals surface area contributed by atoms with E-state index in [1.807, 2.05) is 0 Å². The average molecular weight is 150 g/mol. The van der Waals surface area contributed by atoms with Gasteiger partial charge in [-0.1, -0.05) is 0 Å². The Labute approximate surface area is 40.1 Å². The van der Waals surface area contributed by atoms with Crippen molar-refractivity contribution in [1.82, 2.24) is 0 Å². The Morgan fingerprint density at radius 3 is 2.00 bits per heavy atom. The van der Waals surface area contributed by atoms with Gasteiger partial charge in [-0.15, -0.1) is 0 Å². The Bertz CT molecular complexity index is 27.0. The van der Waals surface area contributed by atoms with Crippen LogP contribution in [0.3, 0.4) is 0 Å². The van der Waals surface area contributed by atoms with Crippen molar-refractivity contribution in [3.63, 3.8) is 0 Å². The zero-order valence-corrected chi connectivity index (χ0v) is 5.96. The predicted octanol–water partition coefficient (Wildman–Crippen LogP) is -0.889. The molecule has 0 fully saturated rings. The summed E-state index contributed by atoms with van der Waals surface area (Å²) in [7, 11) is 0. The summed E-state index contributed by atoms with van der Waals surface area (Å²) >= 11 is -1.63. The van der Waals surface area contributed by atoms with Gasteiger partial charge < -0.3 is 0 Å². The predicted molar refractivity (Wildman–Crippen MR) is 8.52 cm³/mol. The average Bonchev–Trinajstić information content (AvgIpc) is 1.37. The van der Waals surface area contributed by atoms with Gasteiger partial charge in [0.2, 0.25) is 0 Å². The first kappa shape index (κ1) is 4.92. The molecule has 0 spiro atoms. The number of rotatable bonds is 1. The Kier molecular flexibility index (Phi) is 4.82. The summed E-state index contributed by atoms with van der Waals surface area (Å²) in [6.45, 7) is 0. The van der Waals surface area contributed by atoms with Crippen LogP contribution in [0, 0.1) is 0 Å². The van der Waals surface area contributed by atoms with Crippen molar-refractivity contribution in [1.29, 1.82) is 0 Å². The molecule has 0 aliphatic rings. The van der Waals surface area contributed by atoms with Crippen molar-refractivity contribution in [3.8, 4) is 0 Å². The summed E-state index contributed by atoms with van der Waals surface area (Å²) in [6, 6.07) is 0. The number of hydrogen-bond acceptors (Lipinski definition) is 2. The van der Waals surface area contributed by atoms with Crippen LogP contribution in [0.15, 0.2) is 0 Å². The van der Waals surface area contributed by atoms with Gasteiger partial charge in [-0.25, -0.2) is 0 Å². The third-order valence-corrected chi connectivity index (χ3v) is 0.986. The zero-order chi connectivity index (χ0) is 3.41. The molecule has 2 nitrogen and oxygen atoms in total. The molecule has 20 valence electrons. The van der Waals surface area contributed by atoms with Gasteiger partial charge in [0.25, 0.3) is 0 Å². The Hall–Kier alpha value is 0.921. The van der Waals surface area contributed by atoms with Crippen molar-refractivity contribution in [3.05, 3.63) is 0 Å². The maximum atomic E-state index is 9.21. The SMILES string of the molecule is O=[SiH][Y]=[O]. The Morgan fingerprint density at radius 1 is 1.75 bits per heavy atom. The van der Waals surface area contributed by atoms with Gasteiger partial charge in [0.1, 0.15) is 0 Å². The fraction of sp³-hybridized carbons (Fsp3) is 0. The van der Waals surface area contributed by atoms with Crippen LogP contribution >= 0.6 is 0 Å². The second kappa shape index (κ2) is 3.92. The molecule has 0 atom stereocenters. The van der Waals surface area contributed by atoms with E-state index in [1.165, 1.54) is 0 Å². The van der Waals surface area contributed by atoms with Gasteiger partial charge in [0.15, 0.2) is 0 Å². The monoisotopic (exact) mass is 150 g/mol. The van der Waals surface area contributed by atoms with E-state index in [-0.39, 0.29) is 0 Å². The van der Waals surface area contributed by atoms with Crippen LogP contribution in [0.4, 0.5) is 0 Å². The van der Waals surface area contributed by atoms with Crippen LogP contribution in [0.5, 0.6) is 0 Å². The van der Waals surface area contributed by atoms with E-state index in [9.17, 15) is 2.04 Å². The van der Waals surface area contributed by atoms with Crippen molar-refractivity contribution in [2.24, 2.45) is 0 Å². The summed E-state index contributed by atoms with van der Waals surface area (Å²) in [4.78, 5) is 0. The zero-order valence-electron chi connectivity index (χ0n) is 1.97. The molecular weight excluding hydrogens is 149 g/mol. The first-order chi connectivity index (χ1) is 1.91. The molecule has 0 unspecified atom stereocenters. The van der Waals surface area contributed by atoms with E-state index >= 15 is 0 Å². The first-order valence-corrected chi connectivity index (χ1v) is 8.02. The van der Waals surface area contributed by atoms with Gasteiger partial charge in [-0.3, -0.25) is 0 Å². The maximum absolute atomic E-state index is 9.21. The fourth-order valence-electron chi connectivity index (χ4n) is 0.